The van der Waals surface area contributed by atoms with E-state index in [4.69, 9.17) is 0 Å². The summed E-state index contributed by atoms with van der Waals surface area (Å²) in [4.78, 5) is 2.25. The zero-order valence-electron chi connectivity index (χ0n) is 8.62. The maximum absolute atomic E-state index is 2.25. The Labute approximate surface area is 80.7 Å². The van der Waals surface area contributed by atoms with E-state index in [1.807, 2.05) is 6.92 Å². The maximum atomic E-state index is 2.25. The molecule has 0 bridgehead atoms. The Morgan fingerprint density at radius 2 is 2.00 bits per heavy atom. The Kier molecular flexibility index (Phi) is 3.56. The summed E-state index contributed by atoms with van der Waals surface area (Å²) in [6.07, 6.45) is 4.21. The van der Waals surface area contributed by atoms with Crippen LogP contribution in [0.1, 0.15) is 19.4 Å². The molecule has 0 radical (unpaired) electrons. The molecule has 0 aliphatic carbocycles. The van der Waals surface area contributed by atoms with Gasteiger partial charge >= 0.3 is 0 Å². The highest BCUT2D eigenvalue weighted by atomic mass is 15.1. The summed E-state index contributed by atoms with van der Waals surface area (Å²) in [6, 6.07) is 8.44. The highest BCUT2D eigenvalue weighted by Crippen LogP contribution is 2.19. The van der Waals surface area contributed by atoms with Crippen molar-refractivity contribution < 1.29 is 0 Å². The summed E-state index contributed by atoms with van der Waals surface area (Å²) in [5.41, 5.74) is 2.58. The number of anilines is 1. The monoisotopic (exact) mass is 175 g/mol. The minimum Gasteiger partial charge on any atom is -0.374 e. The lowest BCUT2D eigenvalue weighted by molar-refractivity contribution is 0.966. The average Bonchev–Trinajstić information content (AvgIpc) is 2.18. The van der Waals surface area contributed by atoms with Gasteiger partial charge in [0, 0.05) is 19.3 Å². The molecule has 70 valence electrons. The van der Waals surface area contributed by atoms with Gasteiger partial charge in [0.25, 0.3) is 0 Å². The first-order valence-corrected chi connectivity index (χ1v) is 4.72. The summed E-state index contributed by atoms with van der Waals surface area (Å²) in [6.45, 7) is 5.24. The topological polar surface area (TPSA) is 3.24 Å². The summed E-state index contributed by atoms with van der Waals surface area (Å²) in [7, 11) is 2.11. The Hall–Kier alpha value is -1.24. The Bertz CT molecular complexity index is 289. The van der Waals surface area contributed by atoms with Crippen LogP contribution in [0.4, 0.5) is 5.69 Å². The van der Waals surface area contributed by atoms with E-state index in [-0.39, 0.29) is 0 Å². The molecule has 1 heteroatoms. The van der Waals surface area contributed by atoms with Gasteiger partial charge in [0.2, 0.25) is 0 Å². The van der Waals surface area contributed by atoms with E-state index in [2.05, 4.69) is 55.3 Å². The Morgan fingerprint density at radius 1 is 1.31 bits per heavy atom. The molecule has 0 N–H and O–H groups in total. The highest BCUT2D eigenvalue weighted by molar-refractivity contribution is 5.67. The van der Waals surface area contributed by atoms with Gasteiger partial charge in [-0.05, 0) is 25.5 Å². The van der Waals surface area contributed by atoms with E-state index in [0.29, 0.717) is 0 Å². The van der Waals surface area contributed by atoms with Crippen molar-refractivity contribution in [1.82, 2.24) is 0 Å². The fourth-order valence-corrected chi connectivity index (χ4v) is 1.33. The Morgan fingerprint density at radius 3 is 2.62 bits per heavy atom. The van der Waals surface area contributed by atoms with Gasteiger partial charge in [-0.1, -0.05) is 30.4 Å². The van der Waals surface area contributed by atoms with Crippen LogP contribution < -0.4 is 4.90 Å². The number of nitrogens with zero attached hydrogens (tertiary/aromatic N) is 1. The summed E-state index contributed by atoms with van der Waals surface area (Å²) in [5.74, 6) is 0. The third kappa shape index (κ3) is 2.35. The lowest BCUT2D eigenvalue weighted by Crippen LogP contribution is -2.16. The van der Waals surface area contributed by atoms with Gasteiger partial charge in [0.1, 0.15) is 0 Å². The highest BCUT2D eigenvalue weighted by Gasteiger charge is 2.00. The molecule has 1 aromatic carbocycles. The molecule has 0 heterocycles. The molecular weight excluding hydrogens is 158 g/mol. The lowest BCUT2D eigenvalue weighted by Gasteiger charge is -2.19. The normalized spacial score (nSPS) is 10.7. The summed E-state index contributed by atoms with van der Waals surface area (Å²) >= 11 is 0. The first-order valence-electron chi connectivity index (χ1n) is 4.72. The molecule has 0 unspecified atom stereocenters. The zero-order valence-corrected chi connectivity index (χ0v) is 8.62. The maximum Gasteiger partial charge on any atom is 0.0437 e. The molecule has 0 amide bonds. The van der Waals surface area contributed by atoms with Crippen LogP contribution in [0.5, 0.6) is 0 Å². The molecule has 0 saturated carbocycles. The largest absolute Gasteiger partial charge is 0.374 e. The second-order valence-electron chi connectivity index (χ2n) is 3.07. The first kappa shape index (κ1) is 9.85. The van der Waals surface area contributed by atoms with Gasteiger partial charge in [-0.3, -0.25) is 0 Å². The average molecular weight is 175 g/mol. The SMILES string of the molecule is C/C=C/c1ccccc1N(C)CC. The van der Waals surface area contributed by atoms with Crippen LogP contribution in [0.3, 0.4) is 0 Å². The molecule has 1 nitrogen and oxygen atoms in total. The third-order valence-corrected chi connectivity index (χ3v) is 2.17. The van der Waals surface area contributed by atoms with Gasteiger partial charge in [-0.15, -0.1) is 0 Å². The molecule has 0 aliphatic rings. The van der Waals surface area contributed by atoms with Crippen LogP contribution >= 0.6 is 0 Å². The number of rotatable bonds is 3. The second-order valence-corrected chi connectivity index (χ2v) is 3.07. The molecule has 0 saturated heterocycles. The van der Waals surface area contributed by atoms with Crippen molar-refractivity contribution in [1.29, 1.82) is 0 Å². The van der Waals surface area contributed by atoms with Crippen molar-refractivity contribution in [2.75, 3.05) is 18.5 Å². The van der Waals surface area contributed by atoms with E-state index in [9.17, 15) is 0 Å². The number of para-hydroxylation sites is 1. The zero-order chi connectivity index (χ0) is 9.68. The standard InChI is InChI=1S/C12H17N/c1-4-8-11-9-6-7-10-12(11)13(3)5-2/h4,6-10H,5H2,1-3H3/b8-4+. The van der Waals surface area contributed by atoms with Crippen LogP contribution in [0.25, 0.3) is 6.08 Å². The van der Waals surface area contributed by atoms with Gasteiger partial charge in [0.05, 0.1) is 0 Å². The second kappa shape index (κ2) is 4.70. The van der Waals surface area contributed by atoms with Crippen LogP contribution in [-0.4, -0.2) is 13.6 Å². The predicted molar refractivity (Wildman–Crippen MR) is 60.1 cm³/mol. The molecule has 0 aromatic heterocycles. The van der Waals surface area contributed by atoms with Crippen LogP contribution in [-0.2, 0) is 0 Å². The minimum absolute atomic E-state index is 1.04. The predicted octanol–water partition coefficient (Wildman–Crippen LogP) is 3.18. The van der Waals surface area contributed by atoms with Crippen molar-refractivity contribution in [3.63, 3.8) is 0 Å². The van der Waals surface area contributed by atoms with Crippen LogP contribution in [0.2, 0.25) is 0 Å². The van der Waals surface area contributed by atoms with Crippen molar-refractivity contribution in [3.05, 3.63) is 35.9 Å². The van der Waals surface area contributed by atoms with Gasteiger partial charge < -0.3 is 4.90 Å². The van der Waals surface area contributed by atoms with Crippen LogP contribution in [0.15, 0.2) is 30.3 Å². The lowest BCUT2D eigenvalue weighted by atomic mass is 10.1. The quantitative estimate of drug-likeness (QED) is 0.682. The van der Waals surface area contributed by atoms with Crippen LogP contribution in [0, 0.1) is 0 Å². The molecule has 13 heavy (non-hydrogen) atoms. The number of hydrogen-bond donors (Lipinski definition) is 0. The van der Waals surface area contributed by atoms with E-state index in [0.717, 1.165) is 6.54 Å². The summed E-state index contributed by atoms with van der Waals surface area (Å²) in [5, 5.41) is 0. The first-order chi connectivity index (χ1) is 6.29. The minimum atomic E-state index is 1.04. The molecule has 1 rings (SSSR count). The van der Waals surface area contributed by atoms with Crippen molar-refractivity contribution in [3.8, 4) is 0 Å². The van der Waals surface area contributed by atoms with Crippen molar-refractivity contribution >= 4 is 11.8 Å². The fourth-order valence-electron chi connectivity index (χ4n) is 1.33. The molecule has 0 spiro atoms. The van der Waals surface area contributed by atoms with Gasteiger partial charge in [0.15, 0.2) is 0 Å². The Balaban J connectivity index is 3.04. The van der Waals surface area contributed by atoms with Gasteiger partial charge in [-0.25, -0.2) is 0 Å². The number of benzene rings is 1. The van der Waals surface area contributed by atoms with E-state index < -0.39 is 0 Å². The molecule has 0 aliphatic heterocycles. The van der Waals surface area contributed by atoms with Gasteiger partial charge in [-0.2, -0.15) is 0 Å². The van der Waals surface area contributed by atoms with E-state index in [1.165, 1.54) is 11.3 Å². The fraction of sp³-hybridized carbons (Fsp3) is 0.333. The molecule has 0 atom stereocenters. The smallest absolute Gasteiger partial charge is 0.0437 e. The summed E-state index contributed by atoms with van der Waals surface area (Å²) < 4.78 is 0. The molecular formula is C12H17N. The number of hydrogen-bond acceptors (Lipinski definition) is 1. The van der Waals surface area contributed by atoms with Crippen molar-refractivity contribution in [2.24, 2.45) is 0 Å². The van der Waals surface area contributed by atoms with E-state index in [1.54, 1.807) is 0 Å². The number of allylic oxidation sites excluding steroid dienone is 1. The van der Waals surface area contributed by atoms with Crippen molar-refractivity contribution in [2.45, 2.75) is 13.8 Å². The van der Waals surface area contributed by atoms with E-state index >= 15 is 0 Å². The third-order valence-electron chi connectivity index (χ3n) is 2.17. The molecule has 0 fully saturated rings. The molecule has 1 aromatic rings.